The molecule has 0 bridgehead atoms. The van der Waals surface area contributed by atoms with Crippen molar-refractivity contribution in [3.8, 4) is 6.07 Å². The predicted molar refractivity (Wildman–Crippen MR) is 57.8 cm³/mol. The van der Waals surface area contributed by atoms with E-state index < -0.39 is 34.9 Å². The van der Waals surface area contributed by atoms with Gasteiger partial charge in [0.05, 0.1) is 11.1 Å². The molecule has 0 saturated carbocycles. The molecule has 0 saturated heterocycles. The number of anilines is 1. The Morgan fingerprint density at radius 2 is 1.84 bits per heavy atom. The Morgan fingerprint density at radius 1 is 1.32 bits per heavy atom. The van der Waals surface area contributed by atoms with Crippen LogP contribution in [0.3, 0.4) is 0 Å². The second-order valence-corrected chi connectivity index (χ2v) is 3.57. The molecule has 1 aromatic rings. The van der Waals surface area contributed by atoms with Crippen LogP contribution in [0.5, 0.6) is 0 Å². The summed E-state index contributed by atoms with van der Waals surface area (Å²) in [5.74, 6) is -2.00. The maximum Gasteiger partial charge on any atom is 0.417 e. The first kappa shape index (κ1) is 14.6. The number of pyridine rings is 1. The van der Waals surface area contributed by atoms with Gasteiger partial charge in [-0.2, -0.15) is 18.4 Å². The van der Waals surface area contributed by atoms with Crippen molar-refractivity contribution < 1.29 is 22.8 Å². The normalized spacial score (nSPS) is 10.7. The molecule has 0 atom stereocenters. The summed E-state index contributed by atoms with van der Waals surface area (Å²) in [6.45, 7) is 2.04. The molecular weight excluding hydrogens is 263 g/mol. The van der Waals surface area contributed by atoms with Gasteiger partial charge in [-0.05, 0) is 6.07 Å². The monoisotopic (exact) mass is 271 g/mol. The summed E-state index contributed by atoms with van der Waals surface area (Å²) in [5.41, 5.74) is -1.92. The molecule has 100 valence electrons. The summed E-state index contributed by atoms with van der Waals surface area (Å²) in [5, 5.41) is 8.59. The number of imide groups is 1. The van der Waals surface area contributed by atoms with Crippen molar-refractivity contribution >= 4 is 17.6 Å². The van der Waals surface area contributed by atoms with Crippen LogP contribution in [0.4, 0.5) is 19.0 Å². The van der Waals surface area contributed by atoms with E-state index in [1.165, 1.54) is 6.07 Å². The van der Waals surface area contributed by atoms with E-state index in [-0.39, 0.29) is 0 Å². The van der Waals surface area contributed by atoms with Crippen molar-refractivity contribution in [3.05, 3.63) is 23.4 Å². The van der Waals surface area contributed by atoms with E-state index in [4.69, 9.17) is 5.26 Å². The lowest BCUT2D eigenvalue weighted by atomic mass is 10.1. The largest absolute Gasteiger partial charge is 0.417 e. The zero-order chi connectivity index (χ0) is 14.8. The number of hydrogen-bond acceptors (Lipinski definition) is 4. The quantitative estimate of drug-likeness (QED) is 0.781. The minimum Gasteiger partial charge on any atom is -0.274 e. The minimum absolute atomic E-state index is 0.466. The zero-order valence-corrected chi connectivity index (χ0v) is 9.95. The minimum atomic E-state index is -4.78. The summed E-state index contributed by atoms with van der Waals surface area (Å²) in [6, 6.07) is 1.86. The van der Waals surface area contributed by atoms with E-state index in [0.717, 1.165) is 13.8 Å². The van der Waals surface area contributed by atoms with Crippen molar-refractivity contribution in [1.29, 1.82) is 5.26 Å². The average molecular weight is 271 g/mol. The third-order valence-electron chi connectivity index (χ3n) is 2.17. The number of nitrogens with zero attached hydrogens (tertiary/aromatic N) is 3. The lowest BCUT2D eigenvalue weighted by molar-refractivity contribution is -0.138. The highest BCUT2D eigenvalue weighted by molar-refractivity contribution is 6.12. The number of nitriles is 1. The molecule has 8 heteroatoms. The summed E-state index contributed by atoms with van der Waals surface area (Å²) < 4.78 is 38.1. The van der Waals surface area contributed by atoms with Crippen LogP contribution in [-0.2, 0) is 15.8 Å². The van der Waals surface area contributed by atoms with Gasteiger partial charge in [-0.3, -0.25) is 9.59 Å². The van der Waals surface area contributed by atoms with Crippen LogP contribution in [0, 0.1) is 11.3 Å². The van der Waals surface area contributed by atoms with Crippen molar-refractivity contribution in [1.82, 2.24) is 4.98 Å². The third kappa shape index (κ3) is 3.07. The second-order valence-electron chi connectivity index (χ2n) is 3.57. The fraction of sp³-hybridized carbons (Fsp3) is 0.273. The third-order valence-corrected chi connectivity index (χ3v) is 2.17. The van der Waals surface area contributed by atoms with Crippen LogP contribution in [0.25, 0.3) is 0 Å². The number of carbonyl (C=O) groups is 2. The molecule has 2 amide bonds. The van der Waals surface area contributed by atoms with E-state index in [1.807, 2.05) is 0 Å². The van der Waals surface area contributed by atoms with E-state index in [9.17, 15) is 22.8 Å². The molecule has 0 fully saturated rings. The number of alkyl halides is 3. The molecule has 19 heavy (non-hydrogen) atoms. The highest BCUT2D eigenvalue weighted by Crippen LogP contribution is 2.33. The Balaban J connectivity index is 3.45. The van der Waals surface area contributed by atoms with Gasteiger partial charge < -0.3 is 0 Å². The van der Waals surface area contributed by atoms with E-state index in [1.54, 1.807) is 0 Å². The molecule has 1 rings (SSSR count). The van der Waals surface area contributed by atoms with Crippen LogP contribution >= 0.6 is 0 Å². The SMILES string of the molecule is CC(=O)N(C(C)=O)c1cc(C(F)(F)F)c(C#N)cn1. The van der Waals surface area contributed by atoms with Gasteiger partial charge in [-0.15, -0.1) is 0 Å². The first-order chi connectivity index (χ1) is 8.68. The standard InChI is InChI=1S/C11H8F3N3O2/c1-6(18)17(7(2)19)10-3-9(11(12,13)14)8(4-15)5-16-10/h3,5H,1-2H3. The highest BCUT2D eigenvalue weighted by atomic mass is 19.4. The van der Waals surface area contributed by atoms with Gasteiger partial charge in [0.2, 0.25) is 11.8 Å². The van der Waals surface area contributed by atoms with E-state index in [2.05, 4.69) is 4.98 Å². The van der Waals surface area contributed by atoms with Crippen molar-refractivity contribution in [2.75, 3.05) is 4.90 Å². The topological polar surface area (TPSA) is 74.1 Å². The molecule has 0 radical (unpaired) electrons. The Morgan fingerprint density at radius 3 is 2.21 bits per heavy atom. The first-order valence-electron chi connectivity index (χ1n) is 4.97. The molecule has 0 spiro atoms. The number of aromatic nitrogens is 1. The van der Waals surface area contributed by atoms with Crippen molar-refractivity contribution in [2.45, 2.75) is 20.0 Å². The molecule has 1 heterocycles. The number of halogens is 3. The summed E-state index contributed by atoms with van der Waals surface area (Å²) in [4.78, 5) is 26.5. The second kappa shape index (κ2) is 5.06. The number of hydrogen-bond donors (Lipinski definition) is 0. The summed E-state index contributed by atoms with van der Waals surface area (Å²) >= 11 is 0. The van der Waals surface area contributed by atoms with Crippen molar-refractivity contribution in [2.24, 2.45) is 0 Å². The predicted octanol–water partition coefficient (Wildman–Crippen LogP) is 1.87. The zero-order valence-electron chi connectivity index (χ0n) is 9.95. The molecule has 0 aromatic carbocycles. The number of amides is 2. The van der Waals surface area contributed by atoms with Crippen LogP contribution in [-0.4, -0.2) is 16.8 Å². The van der Waals surface area contributed by atoms with E-state index in [0.29, 0.717) is 17.2 Å². The van der Waals surface area contributed by atoms with Crippen LogP contribution in [0.15, 0.2) is 12.3 Å². The molecular formula is C11H8F3N3O2. The fourth-order valence-corrected chi connectivity index (χ4v) is 1.43. The molecule has 0 aliphatic heterocycles. The van der Waals surface area contributed by atoms with Crippen molar-refractivity contribution in [3.63, 3.8) is 0 Å². The number of carbonyl (C=O) groups excluding carboxylic acids is 2. The summed E-state index contributed by atoms with van der Waals surface area (Å²) in [7, 11) is 0. The lowest BCUT2D eigenvalue weighted by Gasteiger charge is -2.17. The maximum atomic E-state index is 12.7. The molecule has 0 N–H and O–H groups in total. The molecule has 1 aromatic heterocycles. The maximum absolute atomic E-state index is 12.7. The van der Waals surface area contributed by atoms with Gasteiger partial charge in [0.1, 0.15) is 11.9 Å². The molecule has 0 aliphatic carbocycles. The van der Waals surface area contributed by atoms with Crippen LogP contribution in [0.2, 0.25) is 0 Å². The fourth-order valence-electron chi connectivity index (χ4n) is 1.43. The smallest absolute Gasteiger partial charge is 0.274 e. The average Bonchev–Trinajstić information content (AvgIpc) is 2.26. The van der Waals surface area contributed by atoms with Crippen LogP contribution in [0.1, 0.15) is 25.0 Å². The van der Waals surface area contributed by atoms with Gasteiger partial charge in [-0.25, -0.2) is 9.88 Å². The Kier molecular flexibility index (Phi) is 3.89. The molecule has 0 unspecified atom stereocenters. The van der Waals surface area contributed by atoms with Gasteiger partial charge >= 0.3 is 6.18 Å². The van der Waals surface area contributed by atoms with Gasteiger partial charge in [0, 0.05) is 20.0 Å². The van der Waals surface area contributed by atoms with Crippen LogP contribution < -0.4 is 4.90 Å². The van der Waals surface area contributed by atoms with Gasteiger partial charge in [-0.1, -0.05) is 0 Å². The summed E-state index contributed by atoms with van der Waals surface area (Å²) in [6.07, 6.45) is -4.10. The highest BCUT2D eigenvalue weighted by Gasteiger charge is 2.35. The lowest BCUT2D eigenvalue weighted by Crippen LogP contribution is -2.34. The Hall–Kier alpha value is -2.43. The van der Waals surface area contributed by atoms with Gasteiger partial charge in [0.15, 0.2) is 0 Å². The Bertz CT molecular complexity index is 562. The Labute approximate surface area is 106 Å². The molecule has 5 nitrogen and oxygen atoms in total. The first-order valence-corrected chi connectivity index (χ1v) is 4.97. The number of rotatable bonds is 1. The van der Waals surface area contributed by atoms with Gasteiger partial charge in [0.25, 0.3) is 0 Å². The van der Waals surface area contributed by atoms with E-state index >= 15 is 0 Å². The molecule has 0 aliphatic rings.